The lowest BCUT2D eigenvalue weighted by Crippen LogP contribution is -2.09. The van der Waals surface area contributed by atoms with Crippen LogP contribution in [0.25, 0.3) is 27.7 Å². The maximum atomic E-state index is 12.9. The maximum absolute atomic E-state index is 12.9. The molecule has 1 heterocycles. The van der Waals surface area contributed by atoms with Crippen molar-refractivity contribution in [3.63, 3.8) is 0 Å². The molecule has 1 N–H and O–H groups in total. The third kappa shape index (κ3) is 5.00. The zero-order valence-corrected chi connectivity index (χ0v) is 21.0. The van der Waals surface area contributed by atoms with E-state index in [1.165, 1.54) is 0 Å². The summed E-state index contributed by atoms with van der Waals surface area (Å²) in [5.41, 5.74) is 4.45. The average Bonchev–Trinajstić information content (AvgIpc) is 3.30. The molecule has 0 aliphatic rings. The van der Waals surface area contributed by atoms with Gasteiger partial charge in [-0.2, -0.15) is 0 Å². The number of para-hydroxylation sites is 2. The summed E-state index contributed by atoms with van der Waals surface area (Å²) in [6.45, 7) is 4.25. The number of amides is 1. The fraction of sp³-hybridized carbons (Fsp3) is 0.207. The van der Waals surface area contributed by atoms with Crippen molar-refractivity contribution in [3.05, 3.63) is 72.5 Å². The predicted octanol–water partition coefficient (Wildman–Crippen LogP) is 6.57. The highest BCUT2D eigenvalue weighted by Crippen LogP contribution is 2.41. The van der Waals surface area contributed by atoms with Gasteiger partial charge in [-0.05, 0) is 55.8 Å². The number of methoxy groups -OCH3 is 3. The van der Waals surface area contributed by atoms with Gasteiger partial charge >= 0.3 is 0 Å². The summed E-state index contributed by atoms with van der Waals surface area (Å²) in [5, 5.41) is 3.74. The Kier molecular flexibility index (Phi) is 7.49. The molecule has 1 amide bonds. The van der Waals surface area contributed by atoms with Crippen LogP contribution in [0.3, 0.4) is 0 Å². The van der Waals surface area contributed by atoms with Gasteiger partial charge in [0, 0.05) is 34.2 Å². The molecule has 4 rings (SSSR count). The molecule has 0 saturated carbocycles. The van der Waals surface area contributed by atoms with E-state index in [4.69, 9.17) is 23.4 Å². The first-order valence-electron chi connectivity index (χ1n) is 11.5. The minimum atomic E-state index is -0.276. The molecule has 36 heavy (non-hydrogen) atoms. The number of ether oxygens (including phenoxy) is 4. The van der Waals surface area contributed by atoms with Crippen LogP contribution in [0.1, 0.15) is 19.4 Å². The highest BCUT2D eigenvalue weighted by molar-refractivity contribution is 6.06. The molecule has 186 valence electrons. The van der Waals surface area contributed by atoms with Gasteiger partial charge < -0.3 is 28.7 Å². The Bertz CT molecular complexity index is 1420. The Morgan fingerprint density at radius 2 is 1.69 bits per heavy atom. The van der Waals surface area contributed by atoms with E-state index in [0.29, 0.717) is 40.9 Å². The minimum Gasteiger partial charge on any atom is -0.497 e. The van der Waals surface area contributed by atoms with Crippen LogP contribution in [-0.2, 0) is 4.79 Å². The lowest BCUT2D eigenvalue weighted by Gasteiger charge is -2.13. The summed E-state index contributed by atoms with van der Waals surface area (Å²) in [6, 6.07) is 16.7. The van der Waals surface area contributed by atoms with Gasteiger partial charge in [-0.1, -0.05) is 12.1 Å². The second-order valence-corrected chi connectivity index (χ2v) is 8.01. The third-order valence-electron chi connectivity index (χ3n) is 5.81. The number of nitrogens with one attached hydrogen (secondary N) is 1. The number of hydrogen-bond acceptors (Lipinski definition) is 6. The molecular weight excluding hydrogens is 458 g/mol. The van der Waals surface area contributed by atoms with Crippen LogP contribution in [0.2, 0.25) is 0 Å². The zero-order valence-electron chi connectivity index (χ0n) is 21.0. The zero-order chi connectivity index (χ0) is 25.7. The van der Waals surface area contributed by atoms with Crippen molar-refractivity contribution in [2.45, 2.75) is 13.8 Å². The molecule has 0 radical (unpaired) electrons. The van der Waals surface area contributed by atoms with Gasteiger partial charge in [-0.25, -0.2) is 0 Å². The van der Waals surface area contributed by atoms with E-state index in [9.17, 15) is 4.79 Å². The summed E-state index contributed by atoms with van der Waals surface area (Å²) < 4.78 is 28.1. The molecule has 0 atom stereocenters. The van der Waals surface area contributed by atoms with Crippen molar-refractivity contribution in [2.24, 2.45) is 0 Å². The quantitative estimate of drug-likeness (QED) is 0.269. The minimum absolute atomic E-state index is 0.276. The number of carbonyl (C=O) groups is 1. The van der Waals surface area contributed by atoms with Crippen LogP contribution in [0.5, 0.6) is 23.0 Å². The van der Waals surface area contributed by atoms with Crippen LogP contribution in [0, 0.1) is 0 Å². The lowest BCUT2D eigenvalue weighted by molar-refractivity contribution is -0.111. The van der Waals surface area contributed by atoms with E-state index in [-0.39, 0.29) is 5.91 Å². The number of hydrogen-bond donors (Lipinski definition) is 1. The summed E-state index contributed by atoms with van der Waals surface area (Å²) >= 11 is 0. The monoisotopic (exact) mass is 487 g/mol. The van der Waals surface area contributed by atoms with E-state index in [0.717, 1.165) is 27.6 Å². The van der Waals surface area contributed by atoms with Gasteiger partial charge in [0.15, 0.2) is 0 Å². The highest BCUT2D eigenvalue weighted by atomic mass is 16.5. The number of furan rings is 1. The number of carbonyl (C=O) groups excluding carboxylic acids is 1. The van der Waals surface area contributed by atoms with E-state index >= 15 is 0 Å². The molecule has 7 nitrogen and oxygen atoms in total. The standard InChI is InChI=1S/C29H29NO6/c1-6-35-27-16-28-22(23(17-36-28)21-14-19(32-3)11-12-25(21)33-4)15-20(27)18(2)13-29(31)30-24-9-7-8-10-26(24)34-5/h7-17H,6H2,1-5H3,(H,30,31)/b18-13+. The van der Waals surface area contributed by atoms with Crippen molar-refractivity contribution >= 4 is 28.1 Å². The Hall–Kier alpha value is -4.39. The van der Waals surface area contributed by atoms with Crippen LogP contribution >= 0.6 is 0 Å². The Labute approximate surface area is 210 Å². The van der Waals surface area contributed by atoms with Crippen molar-refractivity contribution < 1.29 is 28.2 Å². The molecule has 0 saturated heterocycles. The van der Waals surface area contributed by atoms with E-state index in [1.807, 2.05) is 56.3 Å². The van der Waals surface area contributed by atoms with Crippen LogP contribution in [0.15, 0.2) is 71.4 Å². The van der Waals surface area contributed by atoms with Crippen molar-refractivity contribution in [3.8, 4) is 34.1 Å². The fourth-order valence-electron chi connectivity index (χ4n) is 4.06. The summed E-state index contributed by atoms with van der Waals surface area (Å²) in [4.78, 5) is 12.9. The number of anilines is 1. The van der Waals surface area contributed by atoms with E-state index < -0.39 is 0 Å². The molecule has 7 heteroatoms. The third-order valence-corrected chi connectivity index (χ3v) is 5.81. The van der Waals surface area contributed by atoms with Crippen molar-refractivity contribution in [1.29, 1.82) is 0 Å². The van der Waals surface area contributed by atoms with Gasteiger partial charge in [0.05, 0.1) is 39.9 Å². The SMILES string of the molecule is CCOc1cc2occ(-c3cc(OC)ccc3OC)c2cc1/C(C)=C/C(=O)Nc1ccccc1OC. The number of rotatable bonds is 9. The predicted molar refractivity (Wildman–Crippen MR) is 141 cm³/mol. The van der Waals surface area contributed by atoms with Gasteiger partial charge in [-0.15, -0.1) is 0 Å². The number of fused-ring (bicyclic) bond motifs is 1. The smallest absolute Gasteiger partial charge is 0.248 e. The van der Waals surface area contributed by atoms with Crippen LogP contribution in [-0.4, -0.2) is 33.8 Å². The molecule has 0 fully saturated rings. The van der Waals surface area contributed by atoms with Gasteiger partial charge in [0.25, 0.3) is 0 Å². The van der Waals surface area contributed by atoms with Crippen molar-refractivity contribution in [1.82, 2.24) is 0 Å². The van der Waals surface area contributed by atoms with Crippen LogP contribution in [0.4, 0.5) is 5.69 Å². The molecule has 4 aromatic rings. The number of benzene rings is 3. The van der Waals surface area contributed by atoms with Gasteiger partial charge in [0.2, 0.25) is 5.91 Å². The Morgan fingerprint density at radius 3 is 2.42 bits per heavy atom. The molecule has 0 aliphatic heterocycles. The summed E-state index contributed by atoms with van der Waals surface area (Å²) in [7, 11) is 4.81. The molecule has 1 aromatic heterocycles. The average molecular weight is 488 g/mol. The molecular formula is C29H29NO6. The van der Waals surface area contributed by atoms with Crippen molar-refractivity contribution in [2.75, 3.05) is 33.3 Å². The first-order chi connectivity index (χ1) is 17.5. The maximum Gasteiger partial charge on any atom is 0.248 e. The summed E-state index contributed by atoms with van der Waals surface area (Å²) in [5.74, 6) is 2.33. The second kappa shape index (κ2) is 10.9. The van der Waals surface area contributed by atoms with E-state index in [2.05, 4.69) is 5.32 Å². The molecule has 0 aliphatic carbocycles. The van der Waals surface area contributed by atoms with Crippen LogP contribution < -0.4 is 24.3 Å². The molecule has 0 spiro atoms. The first kappa shape index (κ1) is 24.7. The fourth-order valence-corrected chi connectivity index (χ4v) is 4.06. The largest absolute Gasteiger partial charge is 0.497 e. The first-order valence-corrected chi connectivity index (χ1v) is 11.5. The highest BCUT2D eigenvalue weighted by Gasteiger charge is 2.18. The second-order valence-electron chi connectivity index (χ2n) is 8.01. The molecule has 3 aromatic carbocycles. The lowest BCUT2D eigenvalue weighted by atomic mass is 9.98. The van der Waals surface area contributed by atoms with E-state index in [1.54, 1.807) is 45.8 Å². The molecule has 0 unspecified atom stereocenters. The van der Waals surface area contributed by atoms with Gasteiger partial charge in [0.1, 0.15) is 28.6 Å². The normalized spacial score (nSPS) is 11.3. The Morgan fingerprint density at radius 1 is 0.917 bits per heavy atom. The number of allylic oxidation sites excluding steroid dienone is 1. The topological polar surface area (TPSA) is 79.2 Å². The summed E-state index contributed by atoms with van der Waals surface area (Å²) in [6.07, 6.45) is 3.23. The van der Waals surface area contributed by atoms with Gasteiger partial charge in [-0.3, -0.25) is 4.79 Å². The molecule has 0 bridgehead atoms. The Balaban J connectivity index is 1.77.